The van der Waals surface area contributed by atoms with Crippen LogP contribution in [-0.2, 0) is 10.8 Å². The Balaban J connectivity index is 2.45. The van der Waals surface area contributed by atoms with Crippen LogP contribution < -0.4 is 21.3 Å². The van der Waals surface area contributed by atoms with E-state index in [-0.39, 0.29) is 16.2 Å². The zero-order chi connectivity index (χ0) is 44.3. The molecule has 0 saturated carbocycles. The van der Waals surface area contributed by atoms with Crippen LogP contribution >= 0.6 is 0 Å². The van der Waals surface area contributed by atoms with Crippen molar-refractivity contribution in [2.75, 3.05) is 18.0 Å². The van der Waals surface area contributed by atoms with E-state index in [0.29, 0.717) is 18.4 Å². The van der Waals surface area contributed by atoms with E-state index in [0.717, 1.165) is 70.9 Å². The topological polar surface area (TPSA) is 28.4 Å². The molecule has 0 amide bonds. The van der Waals surface area contributed by atoms with Gasteiger partial charge in [0.2, 0.25) is 7.28 Å². The van der Waals surface area contributed by atoms with Crippen molar-refractivity contribution in [1.29, 1.82) is 0 Å². The van der Waals surface area contributed by atoms with Crippen LogP contribution in [0.25, 0.3) is 0 Å². The summed E-state index contributed by atoms with van der Waals surface area (Å²) in [6.07, 6.45) is 25.7. The number of furan rings is 1. The van der Waals surface area contributed by atoms with Crippen molar-refractivity contribution in [3.05, 3.63) is 148 Å². The molecule has 1 aromatic heterocycles. The first-order chi connectivity index (χ1) is 27.6. The Morgan fingerprint density at radius 3 is 2.19 bits per heavy atom. The molecule has 0 bridgehead atoms. The first-order valence-corrected chi connectivity index (χ1v) is 22.3. The van der Waals surface area contributed by atoms with Gasteiger partial charge in [0, 0.05) is 29.9 Å². The molecule has 0 fully saturated rings. The Morgan fingerprint density at radius 2 is 1.61 bits per heavy atom. The van der Waals surface area contributed by atoms with Crippen molar-refractivity contribution in [3.8, 4) is 0 Å². The molecule has 1 N–H and O–H groups in total. The maximum absolute atomic E-state index is 6.89. The molecule has 0 atom stereocenters. The minimum Gasteiger partial charge on any atom is -0.476 e. The van der Waals surface area contributed by atoms with Gasteiger partial charge in [-0.05, 0) is 129 Å². The normalized spacial score (nSPS) is 17.1. The third-order valence-corrected chi connectivity index (χ3v) is 12.1. The average Bonchev–Trinajstić information content (AvgIpc) is 3.62. The SMILES string of the molecule is C=C(/C(C)=C/C(C)=C\C)/C(=C\C=C\CC)N(C(=C/CNC/C=C\C(=C/C)C(C)C)/C=C(\C)C(C)(C)C)c1cc(C(C)C)ccc1[B]c1cc2c(o1)C(C)(C)CCC2(C)C. The summed E-state index contributed by atoms with van der Waals surface area (Å²) in [6, 6.07) is 9.28. The van der Waals surface area contributed by atoms with Crippen LogP contribution in [-0.4, -0.2) is 20.4 Å². The zero-order valence-electron chi connectivity index (χ0n) is 40.4. The average molecular weight is 796 g/mol. The van der Waals surface area contributed by atoms with Crippen molar-refractivity contribution in [1.82, 2.24) is 5.32 Å². The van der Waals surface area contributed by atoms with Gasteiger partial charge >= 0.3 is 0 Å². The van der Waals surface area contributed by atoms with Gasteiger partial charge in [0.1, 0.15) is 5.76 Å². The number of nitrogens with one attached hydrogen (secondary N) is 1. The van der Waals surface area contributed by atoms with Gasteiger partial charge < -0.3 is 14.6 Å². The van der Waals surface area contributed by atoms with E-state index >= 15 is 0 Å². The van der Waals surface area contributed by atoms with E-state index in [1.165, 1.54) is 27.8 Å². The minimum absolute atomic E-state index is 0.0158. The highest BCUT2D eigenvalue weighted by atomic mass is 16.3. The third-order valence-electron chi connectivity index (χ3n) is 12.1. The lowest BCUT2D eigenvalue weighted by atomic mass is 9.64. The van der Waals surface area contributed by atoms with Gasteiger partial charge in [-0.15, -0.1) is 0 Å². The van der Waals surface area contributed by atoms with Crippen molar-refractivity contribution in [2.45, 2.75) is 154 Å². The van der Waals surface area contributed by atoms with Crippen molar-refractivity contribution in [2.24, 2.45) is 11.3 Å². The molecular formula is C55H80BN2O. The standard InChI is InChI=1S/C55H80BN2O/c1-19-22-23-26-49(43(11)41(9)34-40(8)20-2)58(46(35-42(10)53(12,13)14)29-33-57-32-24-25-44(21-3)38(4)5)50-36-45(39(6)7)27-28-48(50)56-51-37-47-52(59-51)55(17,18)31-30-54(47,15)16/h20-29,34-39,57H,11,19,30-33H2,1-10,12-18H3/b23-22+,25-24-,40-20-,41-34+,42-35+,44-21+,46-29+,49-26+. The number of nitrogens with zero attached hydrogens (tertiary/aromatic N) is 1. The highest BCUT2D eigenvalue weighted by Crippen LogP contribution is 2.46. The van der Waals surface area contributed by atoms with Gasteiger partial charge in [0.25, 0.3) is 0 Å². The fourth-order valence-electron chi connectivity index (χ4n) is 7.29. The summed E-state index contributed by atoms with van der Waals surface area (Å²) in [4.78, 5) is 2.46. The predicted molar refractivity (Wildman–Crippen MR) is 264 cm³/mol. The number of anilines is 1. The van der Waals surface area contributed by atoms with Crippen molar-refractivity contribution >= 4 is 24.1 Å². The maximum Gasteiger partial charge on any atom is 0.243 e. The molecule has 0 saturated heterocycles. The van der Waals surface area contributed by atoms with Gasteiger partial charge in [-0.3, -0.25) is 0 Å². The van der Waals surface area contributed by atoms with Crippen LogP contribution in [0.3, 0.4) is 0 Å². The van der Waals surface area contributed by atoms with Crippen LogP contribution in [0.2, 0.25) is 0 Å². The second kappa shape index (κ2) is 21.5. The lowest BCUT2D eigenvalue weighted by Crippen LogP contribution is -2.35. The predicted octanol–water partition coefficient (Wildman–Crippen LogP) is 14.2. The molecule has 1 aliphatic rings. The first kappa shape index (κ1) is 49.3. The summed E-state index contributed by atoms with van der Waals surface area (Å²) >= 11 is 0. The smallest absolute Gasteiger partial charge is 0.243 e. The number of fused-ring (bicyclic) bond motifs is 1. The van der Waals surface area contributed by atoms with Crippen LogP contribution in [0.1, 0.15) is 160 Å². The summed E-state index contributed by atoms with van der Waals surface area (Å²) < 4.78 is 6.89. The fraction of sp³-hybridized carbons (Fsp3) is 0.491. The lowest BCUT2D eigenvalue weighted by Gasteiger charge is -2.37. The fourth-order valence-corrected chi connectivity index (χ4v) is 7.29. The Bertz CT molecular complexity index is 1970. The highest BCUT2D eigenvalue weighted by Gasteiger charge is 2.40. The van der Waals surface area contributed by atoms with E-state index in [1.807, 2.05) is 0 Å². The lowest BCUT2D eigenvalue weighted by molar-refractivity contribution is 0.282. The van der Waals surface area contributed by atoms with Crippen molar-refractivity contribution < 1.29 is 4.42 Å². The van der Waals surface area contributed by atoms with Gasteiger partial charge in [-0.1, -0.05) is 167 Å². The molecule has 4 heteroatoms. The number of rotatable bonds is 18. The molecule has 2 aromatic rings. The molecule has 0 unspecified atom stereocenters. The molecule has 319 valence electrons. The van der Waals surface area contributed by atoms with Crippen LogP contribution in [0.4, 0.5) is 5.69 Å². The number of allylic oxidation sites excluding steroid dienone is 12. The molecule has 1 aliphatic carbocycles. The molecule has 3 nitrogen and oxygen atoms in total. The number of hydrogen-bond acceptors (Lipinski definition) is 3. The highest BCUT2D eigenvalue weighted by molar-refractivity contribution is 6.67. The molecule has 0 aliphatic heterocycles. The summed E-state index contributed by atoms with van der Waals surface area (Å²) in [7, 11) is 2.26. The number of hydrogen-bond donors (Lipinski definition) is 1. The van der Waals surface area contributed by atoms with Gasteiger partial charge in [0.15, 0.2) is 0 Å². The maximum atomic E-state index is 6.89. The quantitative estimate of drug-likeness (QED) is 0.0925. The van der Waals surface area contributed by atoms with Crippen LogP contribution in [0.5, 0.6) is 0 Å². The Morgan fingerprint density at radius 1 is 0.932 bits per heavy atom. The van der Waals surface area contributed by atoms with E-state index in [1.54, 1.807) is 0 Å². The zero-order valence-corrected chi connectivity index (χ0v) is 40.4. The molecule has 1 radical (unpaired) electrons. The van der Waals surface area contributed by atoms with E-state index in [9.17, 15) is 0 Å². The monoisotopic (exact) mass is 796 g/mol. The summed E-state index contributed by atoms with van der Waals surface area (Å²) in [5.74, 6) is 1.95. The Hall–Kier alpha value is -4.02. The van der Waals surface area contributed by atoms with E-state index in [4.69, 9.17) is 11.0 Å². The summed E-state index contributed by atoms with van der Waals surface area (Å²) in [5.41, 5.74) is 13.8. The molecular weight excluding hydrogens is 715 g/mol. The van der Waals surface area contributed by atoms with Gasteiger partial charge in [-0.2, -0.15) is 0 Å². The molecule has 1 aromatic carbocycles. The van der Waals surface area contributed by atoms with E-state index < -0.39 is 0 Å². The minimum atomic E-state index is -0.0376. The van der Waals surface area contributed by atoms with Gasteiger partial charge in [0.05, 0.1) is 11.4 Å². The molecule has 0 spiro atoms. The van der Waals surface area contributed by atoms with Crippen LogP contribution in [0, 0.1) is 11.3 Å². The molecule has 59 heavy (non-hydrogen) atoms. The first-order valence-electron chi connectivity index (χ1n) is 22.3. The Labute approximate surface area is 363 Å². The van der Waals surface area contributed by atoms with E-state index in [2.05, 4.69) is 220 Å². The third kappa shape index (κ3) is 13.5. The Kier molecular flexibility index (Phi) is 18.0. The second-order valence-electron chi connectivity index (χ2n) is 19.5. The second-order valence-corrected chi connectivity index (χ2v) is 19.5. The summed E-state index contributed by atoms with van der Waals surface area (Å²) in [5, 5.41) is 3.71. The largest absolute Gasteiger partial charge is 0.476 e. The van der Waals surface area contributed by atoms with Gasteiger partial charge in [-0.25, -0.2) is 0 Å². The van der Waals surface area contributed by atoms with Crippen molar-refractivity contribution in [3.63, 3.8) is 0 Å². The van der Waals surface area contributed by atoms with Crippen LogP contribution in [0.15, 0.2) is 135 Å². The number of benzene rings is 1. The summed E-state index contributed by atoms with van der Waals surface area (Å²) in [6.45, 7) is 44.6. The molecule has 3 rings (SSSR count). The molecule has 1 heterocycles.